The largest absolute Gasteiger partial charge is 0.326 e. The molecule has 0 aromatic rings. The van der Waals surface area contributed by atoms with Crippen LogP contribution in [0.1, 0.15) is 12.8 Å². The number of fused-ring (bicyclic) bond motifs is 3. The molecular formula is C7H15ClN2. The van der Waals surface area contributed by atoms with Crippen LogP contribution in [-0.4, -0.2) is 30.6 Å². The van der Waals surface area contributed by atoms with Crippen molar-refractivity contribution in [3.8, 4) is 0 Å². The summed E-state index contributed by atoms with van der Waals surface area (Å²) in [6, 6.07) is 0.493. The van der Waals surface area contributed by atoms with Gasteiger partial charge in [-0.05, 0) is 31.8 Å². The molecule has 0 saturated carbocycles. The van der Waals surface area contributed by atoms with Crippen LogP contribution >= 0.6 is 12.4 Å². The number of halogens is 1. The third-order valence-electron chi connectivity index (χ3n) is 2.71. The van der Waals surface area contributed by atoms with Crippen molar-refractivity contribution in [2.24, 2.45) is 11.7 Å². The highest BCUT2D eigenvalue weighted by Gasteiger charge is 2.31. The summed E-state index contributed by atoms with van der Waals surface area (Å²) in [5, 5.41) is 0. The number of rotatable bonds is 0. The molecular weight excluding hydrogens is 148 g/mol. The maximum atomic E-state index is 5.88. The lowest BCUT2D eigenvalue weighted by molar-refractivity contribution is 0.0896. The smallest absolute Gasteiger partial charge is 0.0197 e. The Morgan fingerprint density at radius 3 is 2.00 bits per heavy atom. The molecule has 0 radical (unpaired) electrons. The van der Waals surface area contributed by atoms with E-state index in [-0.39, 0.29) is 12.4 Å². The molecule has 0 aromatic carbocycles. The minimum absolute atomic E-state index is 0. The molecule has 10 heavy (non-hydrogen) atoms. The summed E-state index contributed by atoms with van der Waals surface area (Å²) in [7, 11) is 0. The quantitative estimate of drug-likeness (QED) is 0.561. The Morgan fingerprint density at radius 2 is 1.80 bits per heavy atom. The average Bonchev–Trinajstić information content (AvgIpc) is 1.90. The second kappa shape index (κ2) is 3.07. The van der Waals surface area contributed by atoms with Crippen LogP contribution in [0.2, 0.25) is 0 Å². The predicted octanol–water partition coefficient (Wildman–Crippen LogP) is 0.461. The van der Waals surface area contributed by atoms with Gasteiger partial charge in [-0.2, -0.15) is 0 Å². The molecule has 60 valence electrons. The molecule has 2 nitrogen and oxygen atoms in total. The Kier molecular flexibility index (Phi) is 2.55. The molecule has 3 aliphatic heterocycles. The highest BCUT2D eigenvalue weighted by Crippen LogP contribution is 2.25. The first kappa shape index (κ1) is 8.31. The number of hydrogen-bond donors (Lipinski definition) is 1. The van der Waals surface area contributed by atoms with Crippen molar-refractivity contribution in [1.82, 2.24) is 4.90 Å². The van der Waals surface area contributed by atoms with E-state index in [2.05, 4.69) is 4.90 Å². The third-order valence-corrected chi connectivity index (χ3v) is 2.71. The summed E-state index contributed by atoms with van der Waals surface area (Å²) in [6.07, 6.45) is 2.70. The average molecular weight is 163 g/mol. The van der Waals surface area contributed by atoms with Crippen molar-refractivity contribution >= 4 is 12.4 Å². The normalized spacial score (nSPS) is 44.7. The zero-order valence-electron chi connectivity index (χ0n) is 6.12. The molecule has 3 rings (SSSR count). The van der Waals surface area contributed by atoms with Gasteiger partial charge in [-0.15, -0.1) is 12.4 Å². The van der Waals surface area contributed by atoms with Crippen LogP contribution in [-0.2, 0) is 0 Å². The number of nitrogens with zero attached hydrogens (tertiary/aromatic N) is 1. The zero-order chi connectivity index (χ0) is 6.27. The predicted molar refractivity (Wildman–Crippen MR) is 44.4 cm³/mol. The van der Waals surface area contributed by atoms with Crippen molar-refractivity contribution in [1.29, 1.82) is 0 Å². The second-order valence-corrected chi connectivity index (χ2v) is 3.30. The number of hydrogen-bond acceptors (Lipinski definition) is 2. The molecule has 3 aliphatic rings. The van der Waals surface area contributed by atoms with Crippen molar-refractivity contribution in [3.63, 3.8) is 0 Å². The molecule has 0 aromatic heterocycles. The summed E-state index contributed by atoms with van der Waals surface area (Å²) in [6.45, 7) is 3.77. The Balaban J connectivity index is 0.000000500. The van der Waals surface area contributed by atoms with E-state index in [1.807, 2.05) is 0 Å². The molecule has 3 saturated heterocycles. The fourth-order valence-electron chi connectivity index (χ4n) is 2.01. The molecule has 0 aliphatic carbocycles. The van der Waals surface area contributed by atoms with Gasteiger partial charge in [0.15, 0.2) is 0 Å². The lowest BCUT2D eigenvalue weighted by atomic mass is 9.85. The summed E-state index contributed by atoms with van der Waals surface area (Å²) >= 11 is 0. The molecule has 3 heteroatoms. The molecule has 2 N–H and O–H groups in total. The molecule has 0 spiro atoms. The van der Waals surface area contributed by atoms with Crippen LogP contribution in [0.25, 0.3) is 0 Å². The van der Waals surface area contributed by atoms with E-state index in [9.17, 15) is 0 Å². The summed E-state index contributed by atoms with van der Waals surface area (Å²) in [4.78, 5) is 2.48. The van der Waals surface area contributed by atoms with E-state index in [0.29, 0.717) is 6.04 Å². The van der Waals surface area contributed by atoms with Crippen molar-refractivity contribution in [3.05, 3.63) is 0 Å². The van der Waals surface area contributed by atoms with Crippen molar-refractivity contribution < 1.29 is 0 Å². The molecule has 3 heterocycles. The highest BCUT2D eigenvalue weighted by atomic mass is 35.5. The van der Waals surface area contributed by atoms with E-state index in [1.54, 1.807) is 0 Å². The van der Waals surface area contributed by atoms with Crippen LogP contribution in [0.3, 0.4) is 0 Å². The summed E-state index contributed by atoms with van der Waals surface area (Å²) in [5.74, 6) is 0.856. The van der Waals surface area contributed by atoms with Gasteiger partial charge in [0.2, 0.25) is 0 Å². The first-order chi connectivity index (χ1) is 4.36. The number of nitrogens with two attached hydrogens (primary N) is 1. The molecule has 1 atom stereocenters. The first-order valence-corrected chi connectivity index (χ1v) is 3.84. The maximum Gasteiger partial charge on any atom is 0.0197 e. The van der Waals surface area contributed by atoms with Gasteiger partial charge in [0.1, 0.15) is 0 Å². The van der Waals surface area contributed by atoms with E-state index in [0.717, 1.165) is 12.5 Å². The Bertz CT molecular complexity index is 110. The van der Waals surface area contributed by atoms with Crippen LogP contribution in [0, 0.1) is 5.92 Å². The minimum atomic E-state index is 0. The van der Waals surface area contributed by atoms with E-state index >= 15 is 0 Å². The fourth-order valence-corrected chi connectivity index (χ4v) is 2.01. The van der Waals surface area contributed by atoms with Gasteiger partial charge >= 0.3 is 0 Å². The first-order valence-electron chi connectivity index (χ1n) is 3.84. The van der Waals surface area contributed by atoms with E-state index < -0.39 is 0 Å². The molecule has 0 amide bonds. The second-order valence-electron chi connectivity index (χ2n) is 3.30. The molecule has 1 unspecified atom stereocenters. The number of piperidine rings is 3. The van der Waals surface area contributed by atoms with Gasteiger partial charge in [0, 0.05) is 12.6 Å². The van der Waals surface area contributed by atoms with Gasteiger partial charge in [0.25, 0.3) is 0 Å². The van der Waals surface area contributed by atoms with Gasteiger partial charge in [-0.1, -0.05) is 0 Å². The standard InChI is InChI=1S/C7H14N2.ClH/c8-7-5-9-3-1-6(7)2-4-9;/h6-7H,1-5,8H2;1H. The third kappa shape index (κ3) is 1.29. The van der Waals surface area contributed by atoms with Gasteiger partial charge in [-0.25, -0.2) is 0 Å². The zero-order valence-corrected chi connectivity index (χ0v) is 6.94. The monoisotopic (exact) mass is 162 g/mol. The topological polar surface area (TPSA) is 29.3 Å². The Morgan fingerprint density at radius 1 is 1.20 bits per heavy atom. The SMILES string of the molecule is Cl.NC1CN2CCC1CC2. The van der Waals surface area contributed by atoms with Gasteiger partial charge in [-0.3, -0.25) is 0 Å². The Hall–Kier alpha value is 0.210. The summed E-state index contributed by atoms with van der Waals surface area (Å²) < 4.78 is 0. The Labute approximate surface area is 68.2 Å². The van der Waals surface area contributed by atoms with Crippen LogP contribution in [0.5, 0.6) is 0 Å². The van der Waals surface area contributed by atoms with Crippen LogP contribution in [0.4, 0.5) is 0 Å². The lowest BCUT2D eigenvalue weighted by Gasteiger charge is -2.43. The molecule has 3 fully saturated rings. The van der Waals surface area contributed by atoms with E-state index in [1.165, 1.54) is 25.9 Å². The minimum Gasteiger partial charge on any atom is -0.326 e. The van der Waals surface area contributed by atoms with Crippen molar-refractivity contribution in [2.45, 2.75) is 18.9 Å². The molecule has 2 bridgehead atoms. The van der Waals surface area contributed by atoms with Crippen LogP contribution in [0.15, 0.2) is 0 Å². The fraction of sp³-hybridized carbons (Fsp3) is 1.00. The lowest BCUT2D eigenvalue weighted by Crippen LogP contribution is -2.54. The highest BCUT2D eigenvalue weighted by molar-refractivity contribution is 5.85. The maximum absolute atomic E-state index is 5.88. The van der Waals surface area contributed by atoms with Crippen molar-refractivity contribution in [2.75, 3.05) is 19.6 Å². The van der Waals surface area contributed by atoms with E-state index in [4.69, 9.17) is 5.73 Å². The summed E-state index contributed by atoms with van der Waals surface area (Å²) in [5.41, 5.74) is 5.88. The van der Waals surface area contributed by atoms with Gasteiger partial charge in [0.05, 0.1) is 0 Å². The van der Waals surface area contributed by atoms with Crippen LogP contribution < -0.4 is 5.73 Å². The van der Waals surface area contributed by atoms with Gasteiger partial charge < -0.3 is 10.6 Å².